The van der Waals surface area contributed by atoms with E-state index in [0.717, 1.165) is 27.4 Å². The van der Waals surface area contributed by atoms with E-state index in [0.29, 0.717) is 11.5 Å². The summed E-state index contributed by atoms with van der Waals surface area (Å²) < 4.78 is 0. The third-order valence-corrected chi connectivity index (χ3v) is 3.90. The second-order valence-electron chi connectivity index (χ2n) is 5.63. The summed E-state index contributed by atoms with van der Waals surface area (Å²) in [6.07, 6.45) is 3.42. The van der Waals surface area contributed by atoms with Crippen molar-refractivity contribution in [1.82, 2.24) is 15.0 Å². The second-order valence-corrected chi connectivity index (χ2v) is 5.63. The Morgan fingerprint density at radius 1 is 1.17 bits per heavy atom. The molecule has 0 aliphatic carbocycles. The van der Waals surface area contributed by atoms with Crippen LogP contribution in [0.25, 0.3) is 21.8 Å². The number of pyridine rings is 2. The van der Waals surface area contributed by atoms with E-state index in [1.54, 1.807) is 18.5 Å². The number of rotatable bonds is 3. The largest absolute Gasteiger partial charge is 0.477 e. The Kier molecular flexibility index (Phi) is 3.16. The lowest BCUT2D eigenvalue weighted by Crippen LogP contribution is -1.97. The first-order valence-corrected chi connectivity index (χ1v) is 7.45. The molecular weight excluding hydrogens is 304 g/mol. The van der Waals surface area contributed by atoms with E-state index in [9.17, 15) is 9.90 Å². The lowest BCUT2D eigenvalue weighted by atomic mass is 10.1. The Balaban J connectivity index is 1.94. The number of aromatic amines is 1. The number of carboxylic acids is 1. The molecule has 0 fully saturated rings. The molecule has 0 radical (unpaired) electrons. The normalized spacial score (nSPS) is 11.0. The van der Waals surface area contributed by atoms with Crippen molar-refractivity contribution < 1.29 is 9.90 Å². The zero-order valence-corrected chi connectivity index (χ0v) is 12.9. The fraction of sp³-hybridized carbons (Fsp3) is 0.0556. The lowest BCUT2D eigenvalue weighted by molar-refractivity contribution is 0.0691. The van der Waals surface area contributed by atoms with E-state index in [-0.39, 0.29) is 5.69 Å². The molecule has 118 valence electrons. The predicted octanol–water partition coefficient (Wildman–Crippen LogP) is 3.86. The number of aryl methyl sites for hydroxylation is 1. The van der Waals surface area contributed by atoms with Gasteiger partial charge in [-0.05, 0) is 42.1 Å². The van der Waals surface area contributed by atoms with Crippen LogP contribution in [0, 0.1) is 6.92 Å². The van der Waals surface area contributed by atoms with Crippen LogP contribution >= 0.6 is 0 Å². The van der Waals surface area contributed by atoms with Gasteiger partial charge in [0.1, 0.15) is 17.2 Å². The number of aromatic nitrogens is 3. The standard InChI is InChI=1S/C18H14N4O2/c1-10-3-2-4-11(7-10)20-17-14-9-19-6-5-12(14)13-8-15(18(23)24)21-16(13)22-17/h2-9H,1H3,(H,23,24)(H2,20,21,22). The van der Waals surface area contributed by atoms with Gasteiger partial charge in [0.2, 0.25) is 0 Å². The van der Waals surface area contributed by atoms with Crippen molar-refractivity contribution in [2.75, 3.05) is 5.32 Å². The highest BCUT2D eigenvalue weighted by atomic mass is 16.4. The number of fused-ring (bicyclic) bond motifs is 3. The Labute approximate surface area is 137 Å². The van der Waals surface area contributed by atoms with Crippen molar-refractivity contribution in [1.29, 1.82) is 0 Å². The maximum Gasteiger partial charge on any atom is 0.352 e. The van der Waals surface area contributed by atoms with Gasteiger partial charge >= 0.3 is 5.97 Å². The SMILES string of the molecule is Cc1cccc(Nc2nc3[nH]c(C(=O)O)cc3c3ccncc23)c1. The van der Waals surface area contributed by atoms with E-state index in [2.05, 4.69) is 20.3 Å². The molecule has 1 aromatic carbocycles. The Hall–Kier alpha value is -3.41. The van der Waals surface area contributed by atoms with Gasteiger partial charge in [0.15, 0.2) is 0 Å². The minimum absolute atomic E-state index is 0.114. The number of nitrogens with one attached hydrogen (secondary N) is 2. The van der Waals surface area contributed by atoms with Crippen LogP contribution in [0.15, 0.2) is 48.8 Å². The fourth-order valence-electron chi connectivity index (χ4n) is 2.80. The first-order chi connectivity index (χ1) is 11.6. The van der Waals surface area contributed by atoms with Crippen molar-refractivity contribution in [3.63, 3.8) is 0 Å². The second kappa shape index (κ2) is 5.34. The van der Waals surface area contributed by atoms with Crippen LogP contribution in [-0.4, -0.2) is 26.0 Å². The van der Waals surface area contributed by atoms with Gasteiger partial charge in [0.05, 0.1) is 0 Å². The summed E-state index contributed by atoms with van der Waals surface area (Å²) in [6.45, 7) is 2.02. The summed E-state index contributed by atoms with van der Waals surface area (Å²) in [6, 6.07) is 11.4. The van der Waals surface area contributed by atoms with Gasteiger partial charge in [0, 0.05) is 28.9 Å². The number of hydrogen-bond donors (Lipinski definition) is 3. The number of anilines is 2. The van der Waals surface area contributed by atoms with E-state index < -0.39 is 5.97 Å². The molecular formula is C18H14N4O2. The molecule has 0 saturated heterocycles. The molecule has 0 saturated carbocycles. The van der Waals surface area contributed by atoms with Gasteiger partial charge in [-0.3, -0.25) is 4.98 Å². The Morgan fingerprint density at radius 3 is 2.83 bits per heavy atom. The Bertz CT molecular complexity index is 1080. The zero-order valence-electron chi connectivity index (χ0n) is 12.9. The molecule has 3 heterocycles. The smallest absolute Gasteiger partial charge is 0.352 e. The van der Waals surface area contributed by atoms with Crippen LogP contribution in [-0.2, 0) is 0 Å². The van der Waals surface area contributed by atoms with Gasteiger partial charge in [-0.1, -0.05) is 12.1 Å². The summed E-state index contributed by atoms with van der Waals surface area (Å²) >= 11 is 0. The highest BCUT2D eigenvalue weighted by molar-refractivity contribution is 6.11. The van der Waals surface area contributed by atoms with Crippen molar-refractivity contribution in [3.8, 4) is 0 Å². The molecule has 0 bridgehead atoms. The highest BCUT2D eigenvalue weighted by Gasteiger charge is 2.14. The van der Waals surface area contributed by atoms with Gasteiger partial charge in [-0.15, -0.1) is 0 Å². The molecule has 0 aliphatic heterocycles. The number of carbonyl (C=O) groups is 1. The third kappa shape index (κ3) is 2.34. The fourth-order valence-corrected chi connectivity index (χ4v) is 2.80. The van der Waals surface area contributed by atoms with Crippen LogP contribution < -0.4 is 5.32 Å². The van der Waals surface area contributed by atoms with E-state index >= 15 is 0 Å². The molecule has 6 nitrogen and oxygen atoms in total. The summed E-state index contributed by atoms with van der Waals surface area (Å²) in [4.78, 5) is 22.8. The molecule has 3 N–H and O–H groups in total. The first kappa shape index (κ1) is 14.2. The number of hydrogen-bond acceptors (Lipinski definition) is 4. The summed E-state index contributed by atoms with van der Waals surface area (Å²) in [5.41, 5.74) is 2.69. The maximum absolute atomic E-state index is 11.2. The van der Waals surface area contributed by atoms with Crippen LogP contribution in [0.3, 0.4) is 0 Å². The van der Waals surface area contributed by atoms with E-state index in [4.69, 9.17) is 0 Å². The van der Waals surface area contributed by atoms with Crippen molar-refractivity contribution in [2.45, 2.75) is 6.92 Å². The Morgan fingerprint density at radius 2 is 2.04 bits per heavy atom. The number of H-pyrrole nitrogens is 1. The number of benzene rings is 1. The van der Waals surface area contributed by atoms with Gasteiger partial charge in [-0.25, -0.2) is 9.78 Å². The molecule has 3 aromatic heterocycles. The average Bonchev–Trinajstić information content (AvgIpc) is 3.00. The van der Waals surface area contributed by atoms with Crippen molar-refractivity contribution in [3.05, 3.63) is 60.0 Å². The van der Waals surface area contributed by atoms with E-state index in [1.807, 2.05) is 37.3 Å². The number of nitrogens with zero attached hydrogens (tertiary/aromatic N) is 2. The van der Waals surface area contributed by atoms with Crippen LogP contribution in [0.4, 0.5) is 11.5 Å². The van der Waals surface area contributed by atoms with Gasteiger partial charge in [-0.2, -0.15) is 0 Å². The number of aromatic carboxylic acids is 1. The summed E-state index contributed by atoms with van der Waals surface area (Å²) in [5, 5.41) is 15.0. The summed E-state index contributed by atoms with van der Waals surface area (Å²) in [7, 11) is 0. The number of carboxylic acid groups (broad SMARTS) is 1. The molecule has 24 heavy (non-hydrogen) atoms. The third-order valence-electron chi connectivity index (χ3n) is 3.90. The predicted molar refractivity (Wildman–Crippen MR) is 92.8 cm³/mol. The first-order valence-electron chi connectivity index (χ1n) is 7.45. The van der Waals surface area contributed by atoms with Crippen LogP contribution in [0.5, 0.6) is 0 Å². The highest BCUT2D eigenvalue weighted by Crippen LogP contribution is 2.30. The molecule has 4 aromatic rings. The molecule has 0 unspecified atom stereocenters. The molecule has 0 atom stereocenters. The lowest BCUT2D eigenvalue weighted by Gasteiger charge is -2.10. The molecule has 0 aliphatic rings. The minimum Gasteiger partial charge on any atom is -0.477 e. The van der Waals surface area contributed by atoms with Crippen molar-refractivity contribution >= 4 is 39.3 Å². The molecule has 4 rings (SSSR count). The minimum atomic E-state index is -1.01. The monoisotopic (exact) mass is 318 g/mol. The zero-order chi connectivity index (χ0) is 16.7. The van der Waals surface area contributed by atoms with Gasteiger partial charge in [0.25, 0.3) is 0 Å². The van der Waals surface area contributed by atoms with E-state index in [1.165, 1.54) is 0 Å². The van der Waals surface area contributed by atoms with Gasteiger partial charge < -0.3 is 15.4 Å². The molecule has 6 heteroatoms. The quantitative estimate of drug-likeness (QED) is 0.533. The van der Waals surface area contributed by atoms with Crippen LogP contribution in [0.2, 0.25) is 0 Å². The van der Waals surface area contributed by atoms with Crippen molar-refractivity contribution in [2.24, 2.45) is 0 Å². The molecule has 0 spiro atoms. The molecule has 0 amide bonds. The maximum atomic E-state index is 11.2. The summed E-state index contributed by atoms with van der Waals surface area (Å²) in [5.74, 6) is -0.376. The van der Waals surface area contributed by atoms with Crippen LogP contribution in [0.1, 0.15) is 16.1 Å². The average molecular weight is 318 g/mol. The topological polar surface area (TPSA) is 90.9 Å².